The number of nitrogens with two attached hydrogens (primary N) is 1. The predicted molar refractivity (Wildman–Crippen MR) is 78.8 cm³/mol. The van der Waals surface area contributed by atoms with Gasteiger partial charge in [-0.15, -0.1) is 0 Å². The van der Waals surface area contributed by atoms with Crippen LogP contribution < -0.4 is 11.1 Å². The van der Waals surface area contributed by atoms with Crippen molar-refractivity contribution in [2.45, 2.75) is 26.3 Å². The molecule has 0 radical (unpaired) electrons. The summed E-state index contributed by atoms with van der Waals surface area (Å²) >= 11 is 0. The molecule has 0 fully saturated rings. The van der Waals surface area contributed by atoms with Crippen LogP contribution in [-0.2, 0) is 6.42 Å². The molecule has 0 saturated heterocycles. The standard InChI is InChI=1S/C16H20N2/c1-12(11-14-7-4-3-5-8-14)18-16-10-6-9-15(17)13(16)2/h3-10,12,18H,11,17H2,1-2H3. The molecule has 0 heterocycles. The van der Waals surface area contributed by atoms with Gasteiger partial charge in [0.1, 0.15) is 0 Å². The van der Waals surface area contributed by atoms with Gasteiger partial charge in [0.2, 0.25) is 0 Å². The first-order valence-corrected chi connectivity index (χ1v) is 6.32. The van der Waals surface area contributed by atoms with E-state index in [1.165, 1.54) is 5.56 Å². The van der Waals surface area contributed by atoms with Gasteiger partial charge in [0.25, 0.3) is 0 Å². The molecule has 1 atom stereocenters. The molecule has 0 aromatic heterocycles. The molecule has 0 amide bonds. The first-order chi connectivity index (χ1) is 8.66. The van der Waals surface area contributed by atoms with Crippen molar-refractivity contribution < 1.29 is 0 Å². The van der Waals surface area contributed by atoms with Crippen molar-refractivity contribution >= 4 is 11.4 Å². The SMILES string of the molecule is Cc1c(N)cccc1NC(C)Cc1ccccc1. The van der Waals surface area contributed by atoms with Crippen LogP contribution in [0.2, 0.25) is 0 Å². The molecule has 2 rings (SSSR count). The first-order valence-electron chi connectivity index (χ1n) is 6.32. The molecule has 0 aliphatic rings. The van der Waals surface area contributed by atoms with Crippen LogP contribution in [0, 0.1) is 6.92 Å². The van der Waals surface area contributed by atoms with Crippen molar-refractivity contribution in [2.24, 2.45) is 0 Å². The summed E-state index contributed by atoms with van der Waals surface area (Å²) in [7, 11) is 0. The zero-order valence-corrected chi connectivity index (χ0v) is 11.0. The molecule has 1 unspecified atom stereocenters. The van der Waals surface area contributed by atoms with E-state index in [1.54, 1.807) is 0 Å². The van der Waals surface area contributed by atoms with Crippen LogP contribution in [0.15, 0.2) is 48.5 Å². The topological polar surface area (TPSA) is 38.0 Å². The fraction of sp³-hybridized carbons (Fsp3) is 0.250. The Labute approximate surface area is 109 Å². The van der Waals surface area contributed by atoms with Gasteiger partial charge in [-0.1, -0.05) is 36.4 Å². The molecule has 2 aromatic carbocycles. The molecule has 0 aliphatic carbocycles. The summed E-state index contributed by atoms with van der Waals surface area (Å²) in [5, 5.41) is 3.52. The maximum Gasteiger partial charge on any atom is 0.0392 e. The Bertz CT molecular complexity index is 506. The summed E-state index contributed by atoms with van der Waals surface area (Å²) in [4.78, 5) is 0. The molecule has 0 aliphatic heterocycles. The van der Waals surface area contributed by atoms with Crippen LogP contribution in [0.1, 0.15) is 18.1 Å². The van der Waals surface area contributed by atoms with Crippen LogP contribution in [0.25, 0.3) is 0 Å². The molecule has 2 nitrogen and oxygen atoms in total. The second-order valence-corrected chi connectivity index (χ2v) is 4.75. The van der Waals surface area contributed by atoms with Crippen molar-refractivity contribution in [2.75, 3.05) is 11.1 Å². The Morgan fingerprint density at radius 3 is 2.50 bits per heavy atom. The van der Waals surface area contributed by atoms with Crippen LogP contribution in [-0.4, -0.2) is 6.04 Å². The van der Waals surface area contributed by atoms with E-state index < -0.39 is 0 Å². The van der Waals surface area contributed by atoms with E-state index in [0.717, 1.165) is 23.4 Å². The first kappa shape index (κ1) is 12.5. The molecule has 0 saturated carbocycles. The summed E-state index contributed by atoms with van der Waals surface area (Å²) in [6.45, 7) is 4.24. The normalized spacial score (nSPS) is 12.1. The van der Waals surface area contributed by atoms with Gasteiger partial charge in [-0.2, -0.15) is 0 Å². The average molecular weight is 240 g/mol. The Morgan fingerprint density at radius 2 is 1.78 bits per heavy atom. The third kappa shape index (κ3) is 3.04. The van der Waals surface area contributed by atoms with Gasteiger partial charge in [-0.25, -0.2) is 0 Å². The molecule has 2 aromatic rings. The van der Waals surface area contributed by atoms with E-state index in [4.69, 9.17) is 5.73 Å². The molecule has 0 spiro atoms. The van der Waals surface area contributed by atoms with E-state index >= 15 is 0 Å². The van der Waals surface area contributed by atoms with Gasteiger partial charge in [0, 0.05) is 17.4 Å². The second kappa shape index (κ2) is 5.58. The van der Waals surface area contributed by atoms with Gasteiger partial charge >= 0.3 is 0 Å². The highest BCUT2D eigenvalue weighted by Gasteiger charge is 2.06. The number of benzene rings is 2. The Hall–Kier alpha value is -1.96. The minimum Gasteiger partial charge on any atom is -0.398 e. The number of nitrogens with one attached hydrogen (secondary N) is 1. The summed E-state index contributed by atoms with van der Waals surface area (Å²) < 4.78 is 0. The van der Waals surface area contributed by atoms with Gasteiger partial charge < -0.3 is 11.1 Å². The highest BCUT2D eigenvalue weighted by molar-refractivity contribution is 5.63. The Kier molecular flexibility index (Phi) is 3.88. The minimum atomic E-state index is 0.382. The van der Waals surface area contributed by atoms with E-state index in [9.17, 15) is 0 Å². The van der Waals surface area contributed by atoms with Gasteiger partial charge in [0.05, 0.1) is 0 Å². The minimum absolute atomic E-state index is 0.382. The maximum atomic E-state index is 5.91. The fourth-order valence-electron chi connectivity index (χ4n) is 2.09. The van der Waals surface area contributed by atoms with Crippen LogP contribution in [0.4, 0.5) is 11.4 Å². The molecule has 2 heteroatoms. The molecular weight excluding hydrogens is 220 g/mol. The van der Waals surface area contributed by atoms with E-state index in [0.29, 0.717) is 6.04 Å². The molecule has 18 heavy (non-hydrogen) atoms. The maximum absolute atomic E-state index is 5.91. The largest absolute Gasteiger partial charge is 0.398 e. The Balaban J connectivity index is 2.03. The lowest BCUT2D eigenvalue weighted by Gasteiger charge is -2.18. The third-order valence-electron chi connectivity index (χ3n) is 3.16. The monoisotopic (exact) mass is 240 g/mol. The van der Waals surface area contributed by atoms with Crippen LogP contribution in [0.3, 0.4) is 0 Å². The zero-order valence-electron chi connectivity index (χ0n) is 11.0. The highest BCUT2D eigenvalue weighted by Crippen LogP contribution is 2.21. The van der Waals surface area contributed by atoms with E-state index in [2.05, 4.69) is 42.6 Å². The highest BCUT2D eigenvalue weighted by atomic mass is 14.9. The van der Waals surface area contributed by atoms with Crippen LogP contribution >= 0.6 is 0 Å². The number of nitrogen functional groups attached to an aromatic ring is 1. The molecule has 0 bridgehead atoms. The smallest absolute Gasteiger partial charge is 0.0392 e. The van der Waals surface area contributed by atoms with Crippen molar-refractivity contribution in [3.63, 3.8) is 0 Å². The van der Waals surface area contributed by atoms with Crippen molar-refractivity contribution in [3.8, 4) is 0 Å². The lowest BCUT2D eigenvalue weighted by molar-refractivity contribution is 0.789. The van der Waals surface area contributed by atoms with Crippen LogP contribution in [0.5, 0.6) is 0 Å². The average Bonchev–Trinajstić information content (AvgIpc) is 2.36. The predicted octanol–water partition coefficient (Wildman–Crippen LogP) is 3.62. The van der Waals surface area contributed by atoms with Crippen molar-refractivity contribution in [1.82, 2.24) is 0 Å². The molecule has 94 valence electrons. The van der Waals surface area contributed by atoms with Crippen molar-refractivity contribution in [3.05, 3.63) is 59.7 Å². The summed E-state index contributed by atoms with van der Waals surface area (Å²) in [5.41, 5.74) is 10.3. The Morgan fingerprint density at radius 1 is 1.06 bits per heavy atom. The molecule has 3 N–H and O–H groups in total. The van der Waals surface area contributed by atoms with E-state index in [1.807, 2.05) is 25.1 Å². The summed E-state index contributed by atoms with van der Waals surface area (Å²) in [5.74, 6) is 0. The number of hydrogen-bond donors (Lipinski definition) is 2. The lowest BCUT2D eigenvalue weighted by atomic mass is 10.1. The molecular formula is C16H20N2. The van der Waals surface area contributed by atoms with Gasteiger partial charge in [-0.05, 0) is 43.5 Å². The second-order valence-electron chi connectivity index (χ2n) is 4.75. The third-order valence-corrected chi connectivity index (χ3v) is 3.16. The quantitative estimate of drug-likeness (QED) is 0.801. The van der Waals surface area contributed by atoms with Gasteiger partial charge in [0.15, 0.2) is 0 Å². The van der Waals surface area contributed by atoms with E-state index in [-0.39, 0.29) is 0 Å². The number of anilines is 2. The number of hydrogen-bond acceptors (Lipinski definition) is 2. The summed E-state index contributed by atoms with van der Waals surface area (Å²) in [6, 6.07) is 16.9. The number of rotatable bonds is 4. The van der Waals surface area contributed by atoms with Gasteiger partial charge in [-0.3, -0.25) is 0 Å². The zero-order chi connectivity index (χ0) is 13.0. The van der Waals surface area contributed by atoms with Crippen molar-refractivity contribution in [1.29, 1.82) is 0 Å². The lowest BCUT2D eigenvalue weighted by Crippen LogP contribution is -2.18. The summed E-state index contributed by atoms with van der Waals surface area (Å²) in [6.07, 6.45) is 1.01. The fourth-order valence-corrected chi connectivity index (χ4v) is 2.09.